The van der Waals surface area contributed by atoms with Crippen molar-refractivity contribution in [2.24, 2.45) is 13.0 Å². The highest BCUT2D eigenvalue weighted by Gasteiger charge is 2.40. The molecule has 0 saturated carbocycles. The Morgan fingerprint density at radius 1 is 1.40 bits per heavy atom. The first kappa shape index (κ1) is 15.6. The molecule has 3 aromatic rings. The molecule has 0 unspecified atom stereocenters. The Bertz CT molecular complexity index is 934. The molecule has 3 heterocycles. The maximum Gasteiger partial charge on any atom is 0.295 e. The summed E-state index contributed by atoms with van der Waals surface area (Å²) in [5.41, 5.74) is 0.979. The molecule has 0 bridgehead atoms. The molecule has 2 atom stereocenters. The summed E-state index contributed by atoms with van der Waals surface area (Å²) in [4.78, 5) is 22.5. The average molecular weight is 343 g/mol. The van der Waals surface area contributed by atoms with Gasteiger partial charge >= 0.3 is 0 Å². The zero-order valence-corrected chi connectivity index (χ0v) is 13.9. The van der Waals surface area contributed by atoms with Crippen LogP contribution in [0.1, 0.15) is 18.3 Å². The number of oxazole rings is 1. The molecule has 1 amide bonds. The minimum absolute atomic E-state index is 0.0327. The number of hydrogen-bond donors (Lipinski definition) is 1. The number of hydrogen-bond acceptors (Lipinski definition) is 5. The summed E-state index contributed by atoms with van der Waals surface area (Å²) in [6, 6.07) is 4.42. The van der Waals surface area contributed by atoms with Crippen molar-refractivity contribution < 1.29 is 13.6 Å². The Morgan fingerprint density at radius 2 is 2.24 bits per heavy atom. The first-order chi connectivity index (χ1) is 12.0. The van der Waals surface area contributed by atoms with E-state index in [9.17, 15) is 9.18 Å². The number of anilines is 1. The normalized spacial score (nSPS) is 20.6. The standard InChI is InChI=1S/C17H18FN5O2/c1-22-6-5-19-16(22)15-10(7-14(24)23(15)2)9-20-17-21-12-8-11(18)3-4-13(12)25-17/h3-6,8,10,15H,7,9H2,1-2H3,(H,20,21)/t10-,15+/m0/s1. The number of likely N-dealkylation sites (tertiary alicyclic amines) is 1. The number of aryl methyl sites for hydroxylation is 1. The van der Waals surface area contributed by atoms with Crippen molar-refractivity contribution in [2.45, 2.75) is 12.5 Å². The number of nitrogens with one attached hydrogen (secondary N) is 1. The zero-order valence-electron chi connectivity index (χ0n) is 13.9. The number of amides is 1. The molecule has 4 rings (SSSR count). The molecular formula is C17H18FN5O2. The average Bonchev–Trinajstić information content (AvgIpc) is 3.24. The second-order valence-electron chi connectivity index (χ2n) is 6.32. The largest absolute Gasteiger partial charge is 0.424 e. The van der Waals surface area contributed by atoms with Gasteiger partial charge in [0.2, 0.25) is 5.91 Å². The summed E-state index contributed by atoms with van der Waals surface area (Å²) < 4.78 is 20.8. The van der Waals surface area contributed by atoms with E-state index in [0.29, 0.717) is 30.1 Å². The highest BCUT2D eigenvalue weighted by atomic mass is 19.1. The van der Waals surface area contributed by atoms with E-state index in [1.54, 1.807) is 24.2 Å². The summed E-state index contributed by atoms with van der Waals surface area (Å²) in [7, 11) is 3.71. The van der Waals surface area contributed by atoms with Gasteiger partial charge in [0, 0.05) is 51.4 Å². The lowest BCUT2D eigenvalue weighted by atomic mass is 9.99. The van der Waals surface area contributed by atoms with Gasteiger partial charge in [0.05, 0.1) is 6.04 Å². The molecule has 0 aliphatic carbocycles. The first-order valence-corrected chi connectivity index (χ1v) is 8.06. The van der Waals surface area contributed by atoms with Crippen molar-refractivity contribution in [3.05, 3.63) is 42.2 Å². The second-order valence-corrected chi connectivity index (χ2v) is 6.32. The van der Waals surface area contributed by atoms with Crippen molar-refractivity contribution in [1.82, 2.24) is 19.4 Å². The third kappa shape index (κ3) is 2.73. The van der Waals surface area contributed by atoms with Gasteiger partial charge in [-0.1, -0.05) is 0 Å². The van der Waals surface area contributed by atoms with Gasteiger partial charge in [-0.2, -0.15) is 4.98 Å². The van der Waals surface area contributed by atoms with Crippen LogP contribution < -0.4 is 5.32 Å². The summed E-state index contributed by atoms with van der Waals surface area (Å²) >= 11 is 0. The third-order valence-electron chi connectivity index (χ3n) is 4.68. The Balaban J connectivity index is 1.54. The monoisotopic (exact) mass is 343 g/mol. The minimum atomic E-state index is -0.356. The number of benzene rings is 1. The number of fused-ring (bicyclic) bond motifs is 1. The third-order valence-corrected chi connectivity index (χ3v) is 4.68. The maximum absolute atomic E-state index is 13.3. The summed E-state index contributed by atoms with van der Waals surface area (Å²) in [5, 5.41) is 3.13. The lowest BCUT2D eigenvalue weighted by Crippen LogP contribution is -2.28. The van der Waals surface area contributed by atoms with E-state index in [4.69, 9.17) is 4.42 Å². The minimum Gasteiger partial charge on any atom is -0.424 e. The molecule has 1 fully saturated rings. The van der Waals surface area contributed by atoms with Gasteiger partial charge in [-0.3, -0.25) is 4.79 Å². The predicted molar refractivity (Wildman–Crippen MR) is 89.3 cm³/mol. The van der Waals surface area contributed by atoms with Gasteiger partial charge in [-0.25, -0.2) is 9.37 Å². The molecule has 25 heavy (non-hydrogen) atoms. The molecule has 1 aliphatic rings. The van der Waals surface area contributed by atoms with Crippen molar-refractivity contribution in [1.29, 1.82) is 0 Å². The maximum atomic E-state index is 13.3. The van der Waals surface area contributed by atoms with Crippen LogP contribution in [-0.4, -0.2) is 38.9 Å². The van der Waals surface area contributed by atoms with E-state index in [1.165, 1.54) is 12.1 Å². The van der Waals surface area contributed by atoms with E-state index in [-0.39, 0.29) is 23.7 Å². The second kappa shape index (κ2) is 5.87. The number of halogens is 1. The number of aromatic nitrogens is 3. The topological polar surface area (TPSA) is 76.2 Å². The molecule has 0 spiro atoms. The van der Waals surface area contributed by atoms with Gasteiger partial charge in [-0.15, -0.1) is 0 Å². The molecule has 1 aliphatic heterocycles. The van der Waals surface area contributed by atoms with E-state index in [0.717, 1.165) is 5.82 Å². The van der Waals surface area contributed by atoms with Crippen LogP contribution in [0.3, 0.4) is 0 Å². The highest BCUT2D eigenvalue weighted by Crippen LogP contribution is 2.36. The number of carbonyl (C=O) groups is 1. The summed E-state index contributed by atoms with van der Waals surface area (Å²) in [6.45, 7) is 0.503. The van der Waals surface area contributed by atoms with Crippen LogP contribution in [0.15, 0.2) is 35.0 Å². The van der Waals surface area contributed by atoms with E-state index in [2.05, 4.69) is 15.3 Å². The van der Waals surface area contributed by atoms with Gasteiger partial charge in [0.1, 0.15) is 17.2 Å². The fourth-order valence-electron chi connectivity index (χ4n) is 3.38. The SMILES string of the molecule is CN1C(=O)C[C@@H](CNc2nc3cc(F)ccc3o2)[C@@H]1c1nccn1C. The van der Waals surface area contributed by atoms with Crippen molar-refractivity contribution in [3.8, 4) is 0 Å². The number of imidazole rings is 1. The first-order valence-electron chi connectivity index (χ1n) is 8.06. The van der Waals surface area contributed by atoms with Crippen LogP contribution in [0.4, 0.5) is 10.4 Å². The molecule has 7 nitrogen and oxygen atoms in total. The molecule has 1 saturated heterocycles. The van der Waals surface area contributed by atoms with Crippen molar-refractivity contribution in [3.63, 3.8) is 0 Å². The van der Waals surface area contributed by atoms with Crippen LogP contribution in [0.2, 0.25) is 0 Å². The van der Waals surface area contributed by atoms with Gasteiger partial charge in [0.25, 0.3) is 6.01 Å². The molecule has 1 N–H and O–H groups in total. The van der Waals surface area contributed by atoms with Crippen molar-refractivity contribution in [2.75, 3.05) is 18.9 Å². The van der Waals surface area contributed by atoms with Crippen molar-refractivity contribution >= 4 is 23.0 Å². The lowest BCUT2D eigenvalue weighted by molar-refractivity contribution is -0.127. The number of nitrogens with zero attached hydrogens (tertiary/aromatic N) is 4. The van der Waals surface area contributed by atoms with Gasteiger partial charge < -0.3 is 19.2 Å². The quantitative estimate of drug-likeness (QED) is 0.787. The summed E-state index contributed by atoms with van der Waals surface area (Å²) in [6.07, 6.45) is 4.02. The fraction of sp³-hybridized carbons (Fsp3) is 0.353. The molecular weight excluding hydrogens is 325 g/mol. The number of carbonyl (C=O) groups excluding carboxylic acids is 1. The van der Waals surface area contributed by atoms with Crippen LogP contribution in [0.5, 0.6) is 0 Å². The Kier molecular flexibility index (Phi) is 3.67. The fourth-order valence-corrected chi connectivity index (χ4v) is 3.38. The molecule has 0 radical (unpaired) electrons. The Morgan fingerprint density at radius 3 is 3.00 bits per heavy atom. The predicted octanol–water partition coefficient (Wildman–Crippen LogP) is 2.33. The zero-order chi connectivity index (χ0) is 17.6. The van der Waals surface area contributed by atoms with E-state index in [1.807, 2.05) is 17.8 Å². The van der Waals surface area contributed by atoms with Crippen LogP contribution >= 0.6 is 0 Å². The molecule has 130 valence electrons. The highest BCUT2D eigenvalue weighted by molar-refractivity contribution is 5.79. The van der Waals surface area contributed by atoms with Crippen LogP contribution in [0, 0.1) is 11.7 Å². The van der Waals surface area contributed by atoms with E-state index < -0.39 is 0 Å². The molecule has 1 aromatic carbocycles. The van der Waals surface area contributed by atoms with Gasteiger partial charge in [-0.05, 0) is 12.1 Å². The van der Waals surface area contributed by atoms with E-state index >= 15 is 0 Å². The Hall–Kier alpha value is -2.90. The van der Waals surface area contributed by atoms with Crippen LogP contribution in [0.25, 0.3) is 11.1 Å². The number of rotatable bonds is 4. The summed E-state index contributed by atoms with van der Waals surface area (Å²) in [5.74, 6) is 0.606. The Labute approximate surface area is 143 Å². The smallest absolute Gasteiger partial charge is 0.295 e. The molecule has 2 aromatic heterocycles. The lowest BCUT2D eigenvalue weighted by Gasteiger charge is -2.24. The van der Waals surface area contributed by atoms with Gasteiger partial charge in [0.15, 0.2) is 5.58 Å². The molecule has 8 heteroatoms. The van der Waals surface area contributed by atoms with Crippen LogP contribution in [-0.2, 0) is 11.8 Å².